The predicted octanol–water partition coefficient (Wildman–Crippen LogP) is 1.71. The Morgan fingerprint density at radius 3 is 2.72 bits per heavy atom. The van der Waals surface area contributed by atoms with Crippen LogP contribution in [0.15, 0.2) is 16.6 Å². The first-order valence-corrected chi connectivity index (χ1v) is 6.30. The van der Waals surface area contributed by atoms with Crippen LogP contribution in [0.1, 0.15) is 17.3 Å². The van der Waals surface area contributed by atoms with Gasteiger partial charge in [-0.15, -0.1) is 0 Å². The van der Waals surface area contributed by atoms with Crippen molar-refractivity contribution in [3.8, 4) is 0 Å². The normalized spacial score (nSPS) is 16.1. The van der Waals surface area contributed by atoms with Crippen molar-refractivity contribution < 1.29 is 14.0 Å². The summed E-state index contributed by atoms with van der Waals surface area (Å²) < 4.78 is 13.7. The van der Waals surface area contributed by atoms with Gasteiger partial charge >= 0.3 is 0 Å². The van der Waals surface area contributed by atoms with Crippen LogP contribution < -0.4 is 10.6 Å². The number of nitrogens with zero attached hydrogens (tertiary/aromatic N) is 1. The highest BCUT2D eigenvalue weighted by molar-refractivity contribution is 9.10. The van der Waals surface area contributed by atoms with E-state index in [1.807, 2.05) is 6.92 Å². The van der Waals surface area contributed by atoms with Gasteiger partial charge in [0.15, 0.2) is 0 Å². The predicted molar refractivity (Wildman–Crippen MR) is 69.0 cm³/mol. The molecule has 4 nitrogen and oxygen atoms in total. The van der Waals surface area contributed by atoms with E-state index in [1.54, 1.807) is 0 Å². The Kier molecular flexibility index (Phi) is 3.49. The van der Waals surface area contributed by atoms with Crippen LogP contribution >= 0.6 is 15.9 Å². The summed E-state index contributed by atoms with van der Waals surface area (Å²) in [5.74, 6) is -1.79. The maximum Gasteiger partial charge on any atom is 0.299 e. The smallest absolute Gasteiger partial charge is 0.299 e. The molecule has 1 heterocycles. The summed E-state index contributed by atoms with van der Waals surface area (Å²) in [6.07, 6.45) is 0. The molecule has 0 saturated heterocycles. The van der Waals surface area contributed by atoms with E-state index in [-0.39, 0.29) is 11.5 Å². The van der Waals surface area contributed by atoms with Gasteiger partial charge in [-0.1, -0.05) is 6.92 Å². The minimum absolute atomic E-state index is 0.0599. The van der Waals surface area contributed by atoms with Crippen LogP contribution in [0.25, 0.3) is 0 Å². The minimum atomic E-state index is -0.672. The van der Waals surface area contributed by atoms with E-state index >= 15 is 0 Å². The number of carbonyl (C=O) groups excluding carboxylic acids is 2. The molecule has 0 aliphatic carbocycles. The lowest BCUT2D eigenvalue weighted by Gasteiger charge is -2.21. The highest BCUT2D eigenvalue weighted by atomic mass is 79.9. The average molecular weight is 315 g/mol. The zero-order valence-corrected chi connectivity index (χ0v) is 11.3. The second-order valence-corrected chi connectivity index (χ2v) is 5.22. The van der Waals surface area contributed by atoms with E-state index in [4.69, 9.17) is 5.73 Å². The number of fused-ring (bicyclic) bond motifs is 1. The molecule has 0 radical (unpaired) electrons. The molecule has 96 valence electrons. The number of carbonyl (C=O) groups is 2. The average Bonchev–Trinajstić information content (AvgIpc) is 2.54. The molecular weight excluding hydrogens is 303 g/mol. The van der Waals surface area contributed by atoms with Gasteiger partial charge in [0.1, 0.15) is 5.82 Å². The van der Waals surface area contributed by atoms with Crippen LogP contribution in [0, 0.1) is 11.7 Å². The van der Waals surface area contributed by atoms with Crippen LogP contribution in [0.5, 0.6) is 0 Å². The van der Waals surface area contributed by atoms with Gasteiger partial charge in [-0.25, -0.2) is 4.39 Å². The van der Waals surface area contributed by atoms with Gasteiger partial charge in [-0.2, -0.15) is 0 Å². The van der Waals surface area contributed by atoms with Crippen LogP contribution in [0.4, 0.5) is 10.1 Å². The molecule has 2 rings (SSSR count). The van der Waals surface area contributed by atoms with Crippen molar-refractivity contribution in [2.75, 3.05) is 18.0 Å². The fraction of sp³-hybridized carbons (Fsp3) is 0.333. The second-order valence-electron chi connectivity index (χ2n) is 4.37. The van der Waals surface area contributed by atoms with E-state index < -0.39 is 17.5 Å². The van der Waals surface area contributed by atoms with Crippen LogP contribution in [-0.2, 0) is 4.79 Å². The van der Waals surface area contributed by atoms with E-state index in [0.29, 0.717) is 23.2 Å². The first-order valence-electron chi connectivity index (χ1n) is 5.51. The van der Waals surface area contributed by atoms with Gasteiger partial charge in [-0.3, -0.25) is 9.59 Å². The zero-order valence-electron chi connectivity index (χ0n) is 9.74. The van der Waals surface area contributed by atoms with Crippen LogP contribution in [0.3, 0.4) is 0 Å². The number of halogens is 2. The lowest BCUT2D eigenvalue weighted by Crippen LogP contribution is -2.35. The van der Waals surface area contributed by atoms with Crippen molar-refractivity contribution in [3.63, 3.8) is 0 Å². The maximum absolute atomic E-state index is 13.2. The number of ketones is 1. The highest BCUT2D eigenvalue weighted by Crippen LogP contribution is 2.37. The summed E-state index contributed by atoms with van der Waals surface area (Å²) >= 11 is 3.19. The summed E-state index contributed by atoms with van der Waals surface area (Å²) in [6, 6.07) is 2.33. The van der Waals surface area contributed by atoms with E-state index in [1.165, 1.54) is 11.0 Å². The number of hydrogen-bond acceptors (Lipinski definition) is 3. The van der Waals surface area contributed by atoms with Crippen molar-refractivity contribution in [2.24, 2.45) is 11.7 Å². The third kappa shape index (κ3) is 2.06. The SMILES string of the molecule is CC(CN)CN1C(=O)C(=O)c2cc(F)cc(Br)c21. The summed E-state index contributed by atoms with van der Waals surface area (Å²) in [7, 11) is 0. The minimum Gasteiger partial charge on any atom is -0.330 e. The first kappa shape index (κ1) is 13.2. The molecule has 1 atom stereocenters. The maximum atomic E-state index is 13.2. The Morgan fingerprint density at radius 1 is 1.44 bits per heavy atom. The van der Waals surface area contributed by atoms with Gasteiger partial charge in [0.05, 0.1) is 11.3 Å². The summed E-state index contributed by atoms with van der Waals surface area (Å²) in [4.78, 5) is 25.0. The molecule has 1 aromatic rings. The molecule has 0 aromatic heterocycles. The molecule has 6 heteroatoms. The molecule has 1 amide bonds. The quantitative estimate of drug-likeness (QED) is 0.864. The standard InChI is InChI=1S/C12H12BrFN2O2/c1-6(4-15)5-16-10-8(11(17)12(16)18)2-7(14)3-9(10)13/h2-3,6H,4-5,15H2,1H3. The molecule has 0 saturated carbocycles. The topological polar surface area (TPSA) is 63.4 Å². The molecule has 0 bridgehead atoms. The van der Waals surface area contributed by atoms with E-state index in [0.717, 1.165) is 6.07 Å². The number of amides is 1. The number of Topliss-reactive ketones (excluding diaryl/α,β-unsaturated/α-hetero) is 1. The molecular formula is C12H12BrFN2O2. The van der Waals surface area contributed by atoms with Crippen molar-refractivity contribution in [2.45, 2.75) is 6.92 Å². The Hall–Kier alpha value is -1.27. The lowest BCUT2D eigenvalue weighted by molar-refractivity contribution is -0.114. The number of benzene rings is 1. The Morgan fingerprint density at radius 2 is 2.11 bits per heavy atom. The molecule has 1 aliphatic rings. The lowest BCUT2D eigenvalue weighted by atomic mass is 10.1. The molecule has 18 heavy (non-hydrogen) atoms. The van der Waals surface area contributed by atoms with Gasteiger partial charge in [0, 0.05) is 11.0 Å². The Labute approximate surface area is 112 Å². The number of rotatable bonds is 3. The van der Waals surface area contributed by atoms with Crippen molar-refractivity contribution in [1.29, 1.82) is 0 Å². The zero-order chi connectivity index (χ0) is 13.4. The monoisotopic (exact) mass is 314 g/mol. The van der Waals surface area contributed by atoms with Gasteiger partial charge in [0.25, 0.3) is 11.7 Å². The third-order valence-electron chi connectivity index (χ3n) is 2.88. The van der Waals surface area contributed by atoms with Gasteiger partial charge in [-0.05, 0) is 40.5 Å². The molecule has 0 spiro atoms. The van der Waals surface area contributed by atoms with Crippen LogP contribution in [-0.4, -0.2) is 24.8 Å². The molecule has 1 aliphatic heterocycles. The fourth-order valence-electron chi connectivity index (χ4n) is 1.91. The van der Waals surface area contributed by atoms with Crippen molar-refractivity contribution >= 4 is 33.3 Å². The van der Waals surface area contributed by atoms with Crippen molar-refractivity contribution in [3.05, 3.63) is 28.0 Å². The van der Waals surface area contributed by atoms with Gasteiger partial charge in [0.2, 0.25) is 0 Å². The fourth-order valence-corrected chi connectivity index (χ4v) is 2.56. The second kappa shape index (κ2) is 4.78. The summed E-state index contributed by atoms with van der Waals surface area (Å²) in [5.41, 5.74) is 6.06. The summed E-state index contributed by atoms with van der Waals surface area (Å²) in [6.45, 7) is 2.64. The Balaban J connectivity index is 2.48. The van der Waals surface area contributed by atoms with Crippen molar-refractivity contribution in [1.82, 2.24) is 0 Å². The summed E-state index contributed by atoms with van der Waals surface area (Å²) in [5, 5.41) is 0. The molecule has 2 N–H and O–H groups in total. The van der Waals surface area contributed by atoms with E-state index in [9.17, 15) is 14.0 Å². The molecule has 0 fully saturated rings. The number of anilines is 1. The Bertz CT molecular complexity index is 533. The molecule has 1 aromatic carbocycles. The number of hydrogen-bond donors (Lipinski definition) is 1. The number of nitrogens with two attached hydrogens (primary N) is 1. The highest BCUT2D eigenvalue weighted by Gasteiger charge is 2.38. The van der Waals surface area contributed by atoms with Gasteiger partial charge < -0.3 is 10.6 Å². The van der Waals surface area contributed by atoms with E-state index in [2.05, 4.69) is 15.9 Å². The van der Waals surface area contributed by atoms with Crippen LogP contribution in [0.2, 0.25) is 0 Å². The largest absolute Gasteiger partial charge is 0.330 e. The third-order valence-corrected chi connectivity index (χ3v) is 3.48. The first-order chi connectivity index (χ1) is 8.45. The molecule has 1 unspecified atom stereocenters.